The van der Waals surface area contributed by atoms with Crippen molar-refractivity contribution in [2.45, 2.75) is 46.6 Å². The first-order valence-corrected chi connectivity index (χ1v) is 13.0. The lowest BCUT2D eigenvalue weighted by atomic mass is 9.95. The van der Waals surface area contributed by atoms with Gasteiger partial charge in [0.25, 0.3) is 5.91 Å². The van der Waals surface area contributed by atoms with Crippen LogP contribution in [0.5, 0.6) is 0 Å². The zero-order valence-electron chi connectivity index (χ0n) is 21.3. The third kappa shape index (κ3) is 5.65. The van der Waals surface area contributed by atoms with Crippen molar-refractivity contribution in [3.63, 3.8) is 0 Å². The van der Waals surface area contributed by atoms with E-state index in [-0.39, 0.29) is 17.6 Å². The molecule has 2 N–H and O–H groups in total. The second-order valence-electron chi connectivity index (χ2n) is 9.37. The molecule has 9 heteroatoms. The van der Waals surface area contributed by atoms with Crippen molar-refractivity contribution in [3.8, 4) is 0 Å². The molecule has 0 bridgehead atoms. The second-order valence-corrected chi connectivity index (χ2v) is 9.80. The molecule has 0 atom stereocenters. The van der Waals surface area contributed by atoms with Gasteiger partial charge in [-0.3, -0.25) is 9.59 Å². The van der Waals surface area contributed by atoms with Crippen LogP contribution in [0.25, 0.3) is 11.0 Å². The topological polar surface area (TPSA) is 90.7 Å². The molecule has 192 valence electrons. The summed E-state index contributed by atoms with van der Waals surface area (Å²) in [5, 5.41) is 6.94. The van der Waals surface area contributed by atoms with Crippen LogP contribution < -0.4 is 15.5 Å². The van der Waals surface area contributed by atoms with Gasteiger partial charge in [0.2, 0.25) is 11.7 Å². The van der Waals surface area contributed by atoms with Crippen LogP contribution in [0.3, 0.4) is 0 Å². The summed E-state index contributed by atoms with van der Waals surface area (Å²) < 4.78 is 6.06. The molecule has 36 heavy (non-hydrogen) atoms. The van der Waals surface area contributed by atoms with E-state index in [0.717, 1.165) is 44.7 Å². The number of benzene rings is 1. The fourth-order valence-corrected chi connectivity index (χ4v) is 4.79. The minimum atomic E-state index is -0.490. The van der Waals surface area contributed by atoms with Crippen molar-refractivity contribution in [2.75, 3.05) is 41.7 Å². The zero-order valence-corrected chi connectivity index (χ0v) is 22.1. The average Bonchev–Trinajstić information content (AvgIpc) is 3.24. The Kier molecular flexibility index (Phi) is 8.16. The van der Waals surface area contributed by atoms with Gasteiger partial charge in [0.15, 0.2) is 0 Å². The normalized spacial score (nSPS) is 14.8. The number of amides is 2. The van der Waals surface area contributed by atoms with E-state index in [9.17, 15) is 9.59 Å². The highest BCUT2D eigenvalue weighted by Gasteiger charge is 2.29. The standard InChI is InChI=1S/C27H34ClN5O3/c1-5-32(6-2)20-8-9-21-22(15-20)36-25(27(35)30-23-10-7-19(28)16-29-23)24(21)31-26(34)18-11-13-33(14-12-18)17(3)4/h7-10,15-18H,5-6,11-14H2,1-4H3,(H,31,34)(H,29,30,35). The Bertz CT molecular complexity index is 1210. The summed E-state index contributed by atoms with van der Waals surface area (Å²) >= 11 is 5.92. The van der Waals surface area contributed by atoms with Crippen LogP contribution in [0, 0.1) is 5.92 Å². The van der Waals surface area contributed by atoms with Crippen molar-refractivity contribution in [1.29, 1.82) is 0 Å². The number of aromatic nitrogens is 1. The first-order valence-electron chi connectivity index (χ1n) is 12.6. The number of halogens is 1. The molecule has 1 aromatic carbocycles. The molecule has 1 saturated heterocycles. The number of furan rings is 1. The first kappa shape index (κ1) is 26.0. The molecule has 1 aliphatic rings. The second kappa shape index (κ2) is 11.3. The molecule has 3 heterocycles. The Morgan fingerprint density at radius 3 is 2.47 bits per heavy atom. The zero-order chi connectivity index (χ0) is 25.8. The Hall–Kier alpha value is -3.10. The highest BCUT2D eigenvalue weighted by Crippen LogP contribution is 2.35. The van der Waals surface area contributed by atoms with Crippen LogP contribution in [0.1, 0.15) is 51.1 Å². The quantitative estimate of drug-likeness (QED) is 0.407. The van der Waals surface area contributed by atoms with Gasteiger partial charge in [0, 0.05) is 48.4 Å². The SMILES string of the molecule is CCN(CC)c1ccc2c(NC(=O)C3CCN(C(C)C)CC3)c(C(=O)Nc3ccc(Cl)cn3)oc2c1. The number of carbonyl (C=O) groups excluding carboxylic acids is 2. The predicted octanol–water partition coefficient (Wildman–Crippen LogP) is 5.64. The lowest BCUT2D eigenvalue weighted by Gasteiger charge is -2.33. The number of likely N-dealkylation sites (tertiary alicyclic amines) is 1. The van der Waals surface area contributed by atoms with Crippen molar-refractivity contribution < 1.29 is 14.0 Å². The number of rotatable bonds is 8. The number of hydrogen-bond donors (Lipinski definition) is 2. The number of hydrogen-bond acceptors (Lipinski definition) is 6. The van der Waals surface area contributed by atoms with Crippen LogP contribution in [0.2, 0.25) is 5.02 Å². The Morgan fingerprint density at radius 1 is 1.14 bits per heavy atom. The van der Waals surface area contributed by atoms with Crippen LogP contribution in [-0.2, 0) is 4.79 Å². The highest BCUT2D eigenvalue weighted by molar-refractivity contribution is 6.30. The number of piperidine rings is 1. The molecule has 1 fully saturated rings. The molecule has 0 spiro atoms. The van der Waals surface area contributed by atoms with Gasteiger partial charge in [-0.15, -0.1) is 0 Å². The smallest absolute Gasteiger partial charge is 0.294 e. The molecule has 3 aromatic rings. The lowest BCUT2D eigenvalue weighted by molar-refractivity contribution is -0.121. The number of fused-ring (bicyclic) bond motifs is 1. The maximum Gasteiger partial charge on any atom is 0.294 e. The molecular weight excluding hydrogens is 478 g/mol. The van der Waals surface area contributed by atoms with E-state index < -0.39 is 5.91 Å². The largest absolute Gasteiger partial charge is 0.449 e. The van der Waals surface area contributed by atoms with Gasteiger partial charge in [-0.1, -0.05) is 11.6 Å². The van der Waals surface area contributed by atoms with E-state index in [1.165, 1.54) is 6.20 Å². The summed E-state index contributed by atoms with van der Waals surface area (Å²) in [6, 6.07) is 9.53. The maximum absolute atomic E-state index is 13.3. The number of nitrogens with zero attached hydrogens (tertiary/aromatic N) is 3. The van der Waals surface area contributed by atoms with Crippen molar-refractivity contribution in [2.24, 2.45) is 5.92 Å². The first-order chi connectivity index (χ1) is 17.3. The van der Waals surface area contributed by atoms with E-state index in [4.69, 9.17) is 16.0 Å². The lowest BCUT2D eigenvalue weighted by Crippen LogP contribution is -2.41. The third-order valence-electron chi connectivity index (χ3n) is 6.86. The monoisotopic (exact) mass is 511 g/mol. The minimum Gasteiger partial charge on any atom is -0.449 e. The molecule has 2 aromatic heterocycles. The number of anilines is 3. The van der Waals surface area contributed by atoms with Crippen LogP contribution >= 0.6 is 11.6 Å². The fourth-order valence-electron chi connectivity index (χ4n) is 4.68. The van der Waals surface area contributed by atoms with Crippen molar-refractivity contribution >= 4 is 51.6 Å². The summed E-state index contributed by atoms with van der Waals surface area (Å²) in [4.78, 5) is 35.2. The summed E-state index contributed by atoms with van der Waals surface area (Å²) in [7, 11) is 0. The highest BCUT2D eigenvalue weighted by atomic mass is 35.5. The van der Waals surface area contributed by atoms with Gasteiger partial charge >= 0.3 is 0 Å². The maximum atomic E-state index is 13.3. The van der Waals surface area contributed by atoms with Gasteiger partial charge in [0.1, 0.15) is 17.1 Å². The molecule has 8 nitrogen and oxygen atoms in total. The van der Waals surface area contributed by atoms with E-state index in [2.05, 4.69) is 53.1 Å². The molecule has 4 rings (SSSR count). The molecule has 0 unspecified atom stereocenters. The molecule has 2 amide bonds. The third-order valence-corrected chi connectivity index (χ3v) is 7.08. The molecule has 0 saturated carbocycles. The molecular formula is C27H34ClN5O3. The molecule has 1 aliphatic heterocycles. The number of nitrogens with one attached hydrogen (secondary N) is 2. The summed E-state index contributed by atoms with van der Waals surface area (Å²) in [5.41, 5.74) is 1.92. The van der Waals surface area contributed by atoms with Gasteiger partial charge in [-0.05, 0) is 77.9 Å². The van der Waals surface area contributed by atoms with Gasteiger partial charge in [0.05, 0.1) is 5.02 Å². The van der Waals surface area contributed by atoms with E-state index in [0.29, 0.717) is 33.5 Å². The predicted molar refractivity (Wildman–Crippen MR) is 145 cm³/mol. The van der Waals surface area contributed by atoms with E-state index in [1.807, 2.05) is 18.2 Å². The molecule has 0 radical (unpaired) electrons. The Morgan fingerprint density at radius 2 is 1.86 bits per heavy atom. The number of pyridine rings is 1. The van der Waals surface area contributed by atoms with Crippen molar-refractivity contribution in [3.05, 3.63) is 47.3 Å². The van der Waals surface area contributed by atoms with Gasteiger partial charge in [-0.25, -0.2) is 4.98 Å². The Labute approximate surface area is 217 Å². The fraction of sp³-hybridized carbons (Fsp3) is 0.444. The van der Waals surface area contributed by atoms with E-state index >= 15 is 0 Å². The average molecular weight is 512 g/mol. The van der Waals surface area contributed by atoms with Gasteiger partial charge < -0.3 is 24.9 Å². The van der Waals surface area contributed by atoms with Crippen LogP contribution in [0.15, 0.2) is 40.9 Å². The van der Waals surface area contributed by atoms with Crippen LogP contribution in [-0.4, -0.2) is 53.9 Å². The van der Waals surface area contributed by atoms with Crippen LogP contribution in [0.4, 0.5) is 17.2 Å². The summed E-state index contributed by atoms with van der Waals surface area (Å²) in [6.07, 6.45) is 3.02. The van der Waals surface area contributed by atoms with Crippen molar-refractivity contribution in [1.82, 2.24) is 9.88 Å². The summed E-state index contributed by atoms with van der Waals surface area (Å²) in [6.45, 7) is 12.0. The minimum absolute atomic E-state index is 0.0476. The molecule has 0 aliphatic carbocycles. The van der Waals surface area contributed by atoms with Gasteiger partial charge in [-0.2, -0.15) is 0 Å². The Balaban J connectivity index is 1.64. The number of carbonyl (C=O) groups is 2. The van der Waals surface area contributed by atoms with E-state index in [1.54, 1.807) is 12.1 Å². The summed E-state index contributed by atoms with van der Waals surface area (Å²) in [5.74, 6) is -0.310.